The van der Waals surface area contributed by atoms with Crippen molar-refractivity contribution in [2.45, 2.75) is 31.1 Å². The van der Waals surface area contributed by atoms with Crippen LogP contribution in [0.3, 0.4) is 0 Å². The molecular formula is C7H13F2NS. The highest BCUT2D eigenvalue weighted by Gasteiger charge is 2.23. The van der Waals surface area contributed by atoms with E-state index >= 15 is 0 Å². The van der Waals surface area contributed by atoms with Crippen molar-refractivity contribution in [3.8, 4) is 0 Å². The molecular weight excluding hydrogens is 168 g/mol. The summed E-state index contributed by atoms with van der Waals surface area (Å²) in [4.78, 5) is 0. The molecule has 1 aliphatic heterocycles. The van der Waals surface area contributed by atoms with Crippen molar-refractivity contribution in [3.05, 3.63) is 0 Å². The number of rotatable bonds is 3. The Bertz CT molecular complexity index is 121. The van der Waals surface area contributed by atoms with Gasteiger partial charge in [-0.15, -0.1) is 0 Å². The number of thioether (sulfide) groups is 1. The van der Waals surface area contributed by atoms with E-state index in [4.69, 9.17) is 0 Å². The molecule has 2 atom stereocenters. The quantitative estimate of drug-likeness (QED) is 0.711. The van der Waals surface area contributed by atoms with Gasteiger partial charge in [0, 0.05) is 11.3 Å². The Morgan fingerprint density at radius 2 is 2.36 bits per heavy atom. The third kappa shape index (κ3) is 2.95. The fourth-order valence-electron chi connectivity index (χ4n) is 1.24. The Labute approximate surface area is 69.9 Å². The maximum Gasteiger partial charge on any atom is 0.250 e. The lowest BCUT2D eigenvalue weighted by Gasteiger charge is -2.15. The first kappa shape index (κ1) is 9.26. The summed E-state index contributed by atoms with van der Waals surface area (Å²) in [7, 11) is 0. The average molecular weight is 181 g/mol. The standard InChI is InChI=1S/C7H13F2NS/c1-5-6(2-3-11-5)10-4-7(8)9/h5-7,10H,2-4H2,1H3. The van der Waals surface area contributed by atoms with Crippen LogP contribution < -0.4 is 5.32 Å². The maximum absolute atomic E-state index is 11.7. The van der Waals surface area contributed by atoms with Crippen molar-refractivity contribution < 1.29 is 8.78 Å². The summed E-state index contributed by atoms with van der Waals surface area (Å²) < 4.78 is 23.5. The molecule has 4 heteroatoms. The van der Waals surface area contributed by atoms with Gasteiger partial charge in [0.05, 0.1) is 6.54 Å². The number of hydrogen-bond donors (Lipinski definition) is 1. The van der Waals surface area contributed by atoms with E-state index in [-0.39, 0.29) is 6.54 Å². The van der Waals surface area contributed by atoms with Gasteiger partial charge in [-0.1, -0.05) is 6.92 Å². The molecule has 1 rings (SSSR count). The van der Waals surface area contributed by atoms with Gasteiger partial charge < -0.3 is 5.32 Å². The normalized spacial score (nSPS) is 31.6. The molecule has 1 N–H and O–H groups in total. The molecule has 1 heterocycles. The number of alkyl halides is 2. The number of halogens is 2. The maximum atomic E-state index is 11.7. The molecule has 1 aliphatic rings. The molecule has 0 spiro atoms. The molecule has 0 amide bonds. The summed E-state index contributed by atoms with van der Waals surface area (Å²) in [6.07, 6.45) is -1.19. The van der Waals surface area contributed by atoms with E-state index in [9.17, 15) is 8.78 Å². The zero-order valence-corrected chi connectivity index (χ0v) is 7.33. The highest BCUT2D eigenvalue weighted by Crippen LogP contribution is 2.25. The predicted molar refractivity (Wildman–Crippen MR) is 44.3 cm³/mol. The van der Waals surface area contributed by atoms with Crippen LogP contribution in [0.2, 0.25) is 0 Å². The van der Waals surface area contributed by atoms with E-state index in [1.54, 1.807) is 0 Å². The molecule has 0 aliphatic carbocycles. The molecule has 0 radical (unpaired) electrons. The van der Waals surface area contributed by atoms with Crippen LogP contribution in [0.25, 0.3) is 0 Å². The Kier molecular flexibility index (Phi) is 3.59. The number of nitrogens with one attached hydrogen (secondary N) is 1. The second-order valence-corrected chi connectivity index (χ2v) is 4.26. The van der Waals surface area contributed by atoms with Crippen molar-refractivity contribution in [2.24, 2.45) is 0 Å². The number of hydrogen-bond acceptors (Lipinski definition) is 2. The summed E-state index contributed by atoms with van der Waals surface area (Å²) in [6, 6.07) is 0.300. The SMILES string of the molecule is CC1SCCC1NCC(F)F. The van der Waals surface area contributed by atoms with Crippen molar-refractivity contribution in [2.75, 3.05) is 12.3 Å². The molecule has 0 aromatic carbocycles. The van der Waals surface area contributed by atoms with Gasteiger partial charge in [0.1, 0.15) is 0 Å². The van der Waals surface area contributed by atoms with Gasteiger partial charge in [0.2, 0.25) is 0 Å². The summed E-state index contributed by atoms with van der Waals surface area (Å²) in [6.45, 7) is 1.93. The highest BCUT2D eigenvalue weighted by atomic mass is 32.2. The molecule has 11 heavy (non-hydrogen) atoms. The van der Waals surface area contributed by atoms with E-state index in [2.05, 4.69) is 12.2 Å². The molecule has 1 saturated heterocycles. The van der Waals surface area contributed by atoms with Crippen LogP contribution in [0, 0.1) is 0 Å². The largest absolute Gasteiger partial charge is 0.308 e. The van der Waals surface area contributed by atoms with Crippen LogP contribution in [0.15, 0.2) is 0 Å². The van der Waals surface area contributed by atoms with E-state index in [1.165, 1.54) is 0 Å². The lowest BCUT2D eigenvalue weighted by molar-refractivity contribution is 0.141. The van der Waals surface area contributed by atoms with Gasteiger partial charge in [-0.05, 0) is 12.2 Å². The van der Waals surface area contributed by atoms with Gasteiger partial charge in [0.25, 0.3) is 6.43 Å². The topological polar surface area (TPSA) is 12.0 Å². The van der Waals surface area contributed by atoms with Gasteiger partial charge in [-0.3, -0.25) is 0 Å². The predicted octanol–water partition coefficient (Wildman–Crippen LogP) is 1.74. The van der Waals surface area contributed by atoms with Crippen LogP contribution >= 0.6 is 11.8 Å². The van der Waals surface area contributed by atoms with Crippen molar-refractivity contribution in [1.82, 2.24) is 5.32 Å². The zero-order valence-electron chi connectivity index (χ0n) is 6.52. The van der Waals surface area contributed by atoms with E-state index in [1.807, 2.05) is 11.8 Å². The van der Waals surface area contributed by atoms with Crippen molar-refractivity contribution >= 4 is 11.8 Å². The third-order valence-corrected chi connectivity index (χ3v) is 3.24. The first-order valence-electron chi connectivity index (χ1n) is 3.83. The molecule has 0 bridgehead atoms. The monoisotopic (exact) mass is 181 g/mol. The minimum Gasteiger partial charge on any atom is -0.308 e. The van der Waals surface area contributed by atoms with Crippen molar-refractivity contribution in [1.29, 1.82) is 0 Å². The van der Waals surface area contributed by atoms with Crippen LogP contribution in [0.5, 0.6) is 0 Å². The second kappa shape index (κ2) is 4.26. The Balaban J connectivity index is 2.15. The van der Waals surface area contributed by atoms with Gasteiger partial charge in [0.15, 0.2) is 0 Å². The lowest BCUT2D eigenvalue weighted by Crippen LogP contribution is -2.36. The lowest BCUT2D eigenvalue weighted by atomic mass is 10.2. The fraction of sp³-hybridized carbons (Fsp3) is 1.00. The molecule has 66 valence electrons. The van der Waals surface area contributed by atoms with E-state index < -0.39 is 6.43 Å². The average Bonchev–Trinajstić information content (AvgIpc) is 2.31. The van der Waals surface area contributed by atoms with E-state index in [0.717, 1.165) is 12.2 Å². The zero-order chi connectivity index (χ0) is 8.27. The molecule has 1 fully saturated rings. The van der Waals surface area contributed by atoms with Crippen LogP contribution in [0.1, 0.15) is 13.3 Å². The Morgan fingerprint density at radius 1 is 1.64 bits per heavy atom. The Hall–Kier alpha value is 0.170. The van der Waals surface area contributed by atoms with Crippen LogP contribution in [-0.4, -0.2) is 30.0 Å². The summed E-state index contributed by atoms with van der Waals surface area (Å²) in [5.74, 6) is 1.10. The molecule has 1 nitrogen and oxygen atoms in total. The van der Waals surface area contributed by atoms with Crippen LogP contribution in [-0.2, 0) is 0 Å². The first-order chi connectivity index (χ1) is 5.20. The summed E-state index contributed by atoms with van der Waals surface area (Å²) in [5, 5.41) is 3.35. The minimum atomic E-state index is -2.22. The second-order valence-electron chi connectivity index (χ2n) is 2.77. The van der Waals surface area contributed by atoms with Gasteiger partial charge in [-0.2, -0.15) is 11.8 Å². The highest BCUT2D eigenvalue weighted by molar-refractivity contribution is 8.00. The summed E-state index contributed by atoms with van der Waals surface area (Å²) >= 11 is 1.85. The molecule has 0 aromatic rings. The molecule has 0 saturated carbocycles. The van der Waals surface area contributed by atoms with Crippen molar-refractivity contribution in [3.63, 3.8) is 0 Å². The fourth-order valence-corrected chi connectivity index (χ4v) is 2.47. The summed E-state index contributed by atoms with van der Waals surface area (Å²) in [5.41, 5.74) is 0. The first-order valence-corrected chi connectivity index (χ1v) is 4.88. The minimum absolute atomic E-state index is 0.157. The molecule has 0 aromatic heterocycles. The third-order valence-electron chi connectivity index (χ3n) is 1.91. The van der Waals surface area contributed by atoms with Gasteiger partial charge in [-0.25, -0.2) is 8.78 Å². The Morgan fingerprint density at radius 3 is 2.82 bits per heavy atom. The molecule has 2 unspecified atom stereocenters. The van der Waals surface area contributed by atoms with Gasteiger partial charge >= 0.3 is 0 Å². The van der Waals surface area contributed by atoms with E-state index in [0.29, 0.717) is 11.3 Å². The van der Waals surface area contributed by atoms with Crippen LogP contribution in [0.4, 0.5) is 8.78 Å². The smallest absolute Gasteiger partial charge is 0.250 e.